The molecule has 0 saturated heterocycles. The maximum absolute atomic E-state index is 12.6. The molecule has 0 aromatic carbocycles. The third-order valence-electron chi connectivity index (χ3n) is 3.02. The van der Waals surface area contributed by atoms with Crippen LogP contribution in [0.15, 0.2) is 6.20 Å². The highest BCUT2D eigenvalue weighted by Crippen LogP contribution is 2.18. The average Bonchev–Trinajstić information content (AvgIpc) is 2.38. The Morgan fingerprint density at radius 1 is 1.37 bits per heavy atom. The van der Waals surface area contributed by atoms with Gasteiger partial charge in [0, 0.05) is 25.6 Å². The SMILES string of the molecule is CCN(C(=O)c1nc(C(C)C)ncc1NC)C(C)C. The van der Waals surface area contributed by atoms with E-state index in [0.717, 1.165) is 0 Å². The van der Waals surface area contributed by atoms with Gasteiger partial charge in [0.25, 0.3) is 5.91 Å². The molecule has 1 amide bonds. The van der Waals surface area contributed by atoms with Crippen LogP contribution in [0.4, 0.5) is 5.69 Å². The Balaban J connectivity index is 3.22. The second kappa shape index (κ2) is 6.50. The number of anilines is 1. The molecule has 5 heteroatoms. The zero-order valence-electron chi connectivity index (χ0n) is 12.7. The highest BCUT2D eigenvalue weighted by atomic mass is 16.2. The van der Waals surface area contributed by atoms with E-state index in [1.54, 1.807) is 18.1 Å². The molecule has 0 aliphatic heterocycles. The normalized spacial score (nSPS) is 10.9. The van der Waals surface area contributed by atoms with Crippen LogP contribution in [0, 0.1) is 0 Å². The largest absolute Gasteiger partial charge is 0.385 e. The Morgan fingerprint density at radius 3 is 2.42 bits per heavy atom. The number of rotatable bonds is 5. The van der Waals surface area contributed by atoms with Crippen molar-refractivity contribution in [3.05, 3.63) is 17.7 Å². The molecule has 106 valence electrons. The fourth-order valence-corrected chi connectivity index (χ4v) is 1.90. The number of carbonyl (C=O) groups is 1. The molecule has 1 aromatic heterocycles. The first-order chi connectivity index (χ1) is 8.92. The number of carbonyl (C=O) groups excluding carboxylic acids is 1. The average molecular weight is 264 g/mol. The fraction of sp³-hybridized carbons (Fsp3) is 0.643. The van der Waals surface area contributed by atoms with Gasteiger partial charge in [-0.15, -0.1) is 0 Å². The quantitative estimate of drug-likeness (QED) is 0.887. The molecule has 1 N–H and O–H groups in total. The van der Waals surface area contributed by atoms with Crippen LogP contribution in [0.25, 0.3) is 0 Å². The smallest absolute Gasteiger partial charge is 0.274 e. The van der Waals surface area contributed by atoms with Crippen LogP contribution >= 0.6 is 0 Å². The minimum atomic E-state index is -0.0499. The number of aromatic nitrogens is 2. The third kappa shape index (κ3) is 3.43. The number of hydrogen-bond acceptors (Lipinski definition) is 4. The van der Waals surface area contributed by atoms with Gasteiger partial charge in [0.15, 0.2) is 5.69 Å². The maximum atomic E-state index is 12.6. The van der Waals surface area contributed by atoms with Crippen molar-refractivity contribution >= 4 is 11.6 Å². The third-order valence-corrected chi connectivity index (χ3v) is 3.02. The highest BCUT2D eigenvalue weighted by Gasteiger charge is 2.22. The molecule has 5 nitrogen and oxygen atoms in total. The number of amides is 1. The second-order valence-corrected chi connectivity index (χ2v) is 5.08. The molecule has 0 saturated carbocycles. The first-order valence-corrected chi connectivity index (χ1v) is 6.78. The Morgan fingerprint density at radius 2 is 2.00 bits per heavy atom. The van der Waals surface area contributed by atoms with Gasteiger partial charge in [0.2, 0.25) is 0 Å². The Labute approximate surface area is 115 Å². The summed E-state index contributed by atoms with van der Waals surface area (Å²) < 4.78 is 0. The molecule has 0 aliphatic rings. The molecule has 0 spiro atoms. The van der Waals surface area contributed by atoms with Crippen LogP contribution in [-0.2, 0) is 0 Å². The molecule has 0 aliphatic carbocycles. The van der Waals surface area contributed by atoms with E-state index in [1.165, 1.54) is 0 Å². The standard InChI is InChI=1S/C14H24N4O/c1-7-18(10(4)5)14(19)12-11(15-6)8-16-13(17-12)9(2)3/h8-10,15H,7H2,1-6H3. The van der Waals surface area contributed by atoms with Crippen LogP contribution in [0.2, 0.25) is 0 Å². The van der Waals surface area contributed by atoms with Gasteiger partial charge in [-0.3, -0.25) is 4.79 Å². The molecule has 1 rings (SSSR count). The summed E-state index contributed by atoms with van der Waals surface area (Å²) in [6, 6.07) is 0.152. The van der Waals surface area contributed by atoms with Gasteiger partial charge in [0.1, 0.15) is 5.82 Å². The summed E-state index contributed by atoms with van der Waals surface area (Å²) in [4.78, 5) is 23.1. The lowest BCUT2D eigenvalue weighted by atomic mass is 10.2. The first-order valence-electron chi connectivity index (χ1n) is 6.78. The fourth-order valence-electron chi connectivity index (χ4n) is 1.90. The summed E-state index contributed by atoms with van der Waals surface area (Å²) in [5.74, 6) is 0.847. The van der Waals surface area contributed by atoms with Crippen molar-refractivity contribution in [3.8, 4) is 0 Å². The van der Waals surface area contributed by atoms with Crippen molar-refractivity contribution in [1.82, 2.24) is 14.9 Å². The molecule has 0 atom stereocenters. The van der Waals surface area contributed by atoms with Crippen LogP contribution in [-0.4, -0.2) is 40.4 Å². The first kappa shape index (κ1) is 15.4. The minimum Gasteiger partial charge on any atom is -0.385 e. The van der Waals surface area contributed by atoms with Crippen LogP contribution in [0.3, 0.4) is 0 Å². The van der Waals surface area contributed by atoms with E-state index in [9.17, 15) is 4.79 Å². The Kier molecular flexibility index (Phi) is 5.27. The van der Waals surface area contributed by atoms with Crippen molar-refractivity contribution in [2.24, 2.45) is 0 Å². The van der Waals surface area contributed by atoms with E-state index in [2.05, 4.69) is 15.3 Å². The van der Waals surface area contributed by atoms with Gasteiger partial charge in [-0.2, -0.15) is 0 Å². The van der Waals surface area contributed by atoms with E-state index in [1.807, 2.05) is 34.6 Å². The van der Waals surface area contributed by atoms with Crippen molar-refractivity contribution in [2.45, 2.75) is 46.6 Å². The van der Waals surface area contributed by atoms with E-state index < -0.39 is 0 Å². The molecule has 0 bridgehead atoms. The van der Waals surface area contributed by atoms with Gasteiger partial charge in [-0.25, -0.2) is 9.97 Å². The lowest BCUT2D eigenvalue weighted by molar-refractivity contribution is 0.0711. The van der Waals surface area contributed by atoms with Gasteiger partial charge in [0.05, 0.1) is 11.9 Å². The van der Waals surface area contributed by atoms with E-state index in [-0.39, 0.29) is 17.9 Å². The van der Waals surface area contributed by atoms with Crippen molar-refractivity contribution < 1.29 is 4.79 Å². The molecule has 0 fully saturated rings. The van der Waals surface area contributed by atoms with E-state index >= 15 is 0 Å². The minimum absolute atomic E-state index is 0.0499. The van der Waals surface area contributed by atoms with Crippen molar-refractivity contribution in [3.63, 3.8) is 0 Å². The predicted molar refractivity (Wildman–Crippen MR) is 77.5 cm³/mol. The van der Waals surface area contributed by atoms with Crippen LogP contribution < -0.4 is 5.32 Å². The molecular formula is C14H24N4O. The van der Waals surface area contributed by atoms with Gasteiger partial charge in [-0.05, 0) is 20.8 Å². The van der Waals surface area contributed by atoms with Gasteiger partial charge in [-0.1, -0.05) is 13.8 Å². The molecule has 1 aromatic rings. The van der Waals surface area contributed by atoms with Crippen LogP contribution in [0.1, 0.15) is 56.8 Å². The van der Waals surface area contributed by atoms with Crippen LogP contribution in [0.5, 0.6) is 0 Å². The zero-order valence-corrected chi connectivity index (χ0v) is 12.7. The Bertz CT molecular complexity index is 443. The van der Waals surface area contributed by atoms with Crippen molar-refractivity contribution in [2.75, 3.05) is 18.9 Å². The topological polar surface area (TPSA) is 58.1 Å². The van der Waals surface area contributed by atoms with Gasteiger partial charge < -0.3 is 10.2 Å². The summed E-state index contributed by atoms with van der Waals surface area (Å²) in [6.07, 6.45) is 1.68. The summed E-state index contributed by atoms with van der Waals surface area (Å²) >= 11 is 0. The lowest BCUT2D eigenvalue weighted by Gasteiger charge is -2.25. The summed E-state index contributed by atoms with van der Waals surface area (Å²) in [5.41, 5.74) is 1.13. The van der Waals surface area contributed by atoms with Gasteiger partial charge >= 0.3 is 0 Å². The summed E-state index contributed by atoms with van der Waals surface area (Å²) in [5, 5.41) is 2.99. The maximum Gasteiger partial charge on any atom is 0.274 e. The summed E-state index contributed by atoms with van der Waals surface area (Å²) in [7, 11) is 1.77. The second-order valence-electron chi connectivity index (χ2n) is 5.08. The number of nitrogens with one attached hydrogen (secondary N) is 1. The highest BCUT2D eigenvalue weighted by molar-refractivity contribution is 5.97. The van der Waals surface area contributed by atoms with E-state index in [4.69, 9.17) is 0 Å². The lowest BCUT2D eigenvalue weighted by Crippen LogP contribution is -2.37. The van der Waals surface area contributed by atoms with E-state index in [0.29, 0.717) is 23.8 Å². The molecule has 19 heavy (non-hydrogen) atoms. The summed E-state index contributed by atoms with van der Waals surface area (Å²) in [6.45, 7) is 10.7. The molecule has 1 heterocycles. The number of nitrogens with zero attached hydrogens (tertiary/aromatic N) is 3. The zero-order chi connectivity index (χ0) is 14.6. The predicted octanol–water partition coefficient (Wildman–Crippen LogP) is 2.51. The Hall–Kier alpha value is -1.65. The molecule has 0 radical (unpaired) electrons. The monoisotopic (exact) mass is 264 g/mol. The molecule has 0 unspecified atom stereocenters. The molecular weight excluding hydrogens is 240 g/mol. The number of hydrogen-bond donors (Lipinski definition) is 1. The van der Waals surface area contributed by atoms with Crippen molar-refractivity contribution in [1.29, 1.82) is 0 Å².